The van der Waals surface area contributed by atoms with Gasteiger partial charge in [-0.05, 0) is 56.1 Å². The van der Waals surface area contributed by atoms with Gasteiger partial charge in [-0.15, -0.1) is 0 Å². The van der Waals surface area contributed by atoms with E-state index in [-0.39, 0.29) is 5.91 Å². The number of nitrogens with zero attached hydrogens (tertiary/aromatic N) is 3. The molecule has 0 saturated carbocycles. The van der Waals surface area contributed by atoms with E-state index < -0.39 is 0 Å². The molecule has 1 fully saturated rings. The highest BCUT2D eigenvalue weighted by atomic mass is 16.2. The lowest BCUT2D eigenvalue weighted by Crippen LogP contribution is -2.36. The van der Waals surface area contributed by atoms with Crippen molar-refractivity contribution in [3.05, 3.63) is 59.7 Å². The number of hydrogen-bond donors (Lipinski definition) is 1. The molecule has 3 rings (SSSR count). The van der Waals surface area contributed by atoms with Crippen LogP contribution >= 0.6 is 0 Å². The van der Waals surface area contributed by atoms with Crippen LogP contribution < -0.4 is 5.32 Å². The van der Waals surface area contributed by atoms with Gasteiger partial charge >= 0.3 is 0 Å². The average molecular weight is 310 g/mol. The van der Waals surface area contributed by atoms with Gasteiger partial charge in [0.05, 0.1) is 0 Å². The summed E-state index contributed by atoms with van der Waals surface area (Å²) in [7, 11) is 0. The molecule has 2 aromatic heterocycles. The Balaban J connectivity index is 1.79. The Morgan fingerprint density at radius 2 is 2.26 bits per heavy atom. The summed E-state index contributed by atoms with van der Waals surface area (Å²) in [5, 5.41) is 3.36. The molecule has 1 atom stereocenters. The van der Waals surface area contributed by atoms with Crippen LogP contribution in [0.4, 0.5) is 0 Å². The summed E-state index contributed by atoms with van der Waals surface area (Å²) in [4.78, 5) is 23.3. The molecule has 1 amide bonds. The summed E-state index contributed by atoms with van der Waals surface area (Å²) < 4.78 is 0. The predicted molar refractivity (Wildman–Crippen MR) is 88.9 cm³/mol. The molecule has 23 heavy (non-hydrogen) atoms. The lowest BCUT2D eigenvalue weighted by molar-refractivity contribution is 0.0712. The normalized spacial score (nSPS) is 17.2. The third-order valence-electron chi connectivity index (χ3n) is 4.13. The van der Waals surface area contributed by atoms with E-state index in [4.69, 9.17) is 0 Å². The third kappa shape index (κ3) is 4.13. The SMILES string of the molecule is Cc1cccc(C(=O)N(Cc2cccnc2)C[C@H]2CCNC2)n1. The first-order valence-corrected chi connectivity index (χ1v) is 8.05. The monoisotopic (exact) mass is 310 g/mol. The maximum absolute atomic E-state index is 12.9. The molecule has 0 spiro atoms. The van der Waals surface area contributed by atoms with Crippen LogP contribution in [0.2, 0.25) is 0 Å². The second kappa shape index (κ2) is 7.33. The van der Waals surface area contributed by atoms with Gasteiger partial charge in [-0.2, -0.15) is 0 Å². The first-order chi connectivity index (χ1) is 11.2. The summed E-state index contributed by atoms with van der Waals surface area (Å²) >= 11 is 0. The fraction of sp³-hybridized carbons (Fsp3) is 0.389. The number of rotatable bonds is 5. The van der Waals surface area contributed by atoms with Gasteiger partial charge in [0.25, 0.3) is 5.91 Å². The molecule has 1 aliphatic heterocycles. The molecule has 1 aliphatic rings. The summed E-state index contributed by atoms with van der Waals surface area (Å²) in [5.41, 5.74) is 2.42. The van der Waals surface area contributed by atoms with E-state index in [1.165, 1.54) is 0 Å². The van der Waals surface area contributed by atoms with E-state index in [1.807, 2.05) is 42.3 Å². The number of pyridine rings is 2. The van der Waals surface area contributed by atoms with Crippen molar-refractivity contribution in [1.82, 2.24) is 20.2 Å². The Labute approximate surface area is 136 Å². The molecule has 5 nitrogen and oxygen atoms in total. The standard InChI is InChI=1S/C18H22N4O/c1-14-4-2-6-17(21-14)18(23)22(13-16-7-9-20-11-16)12-15-5-3-8-19-10-15/h2-6,8,10,16,20H,7,9,11-13H2,1H3/t16-/m0/s1. The van der Waals surface area contributed by atoms with E-state index in [0.717, 1.165) is 37.3 Å². The van der Waals surface area contributed by atoms with Gasteiger partial charge in [-0.1, -0.05) is 12.1 Å². The minimum absolute atomic E-state index is 0.00977. The van der Waals surface area contributed by atoms with Crippen LogP contribution in [0.1, 0.15) is 28.2 Å². The van der Waals surface area contributed by atoms with Gasteiger partial charge < -0.3 is 10.2 Å². The molecule has 5 heteroatoms. The van der Waals surface area contributed by atoms with Crippen LogP contribution in [0.5, 0.6) is 0 Å². The molecular weight excluding hydrogens is 288 g/mol. The molecule has 0 aliphatic carbocycles. The lowest BCUT2D eigenvalue weighted by Gasteiger charge is -2.25. The minimum atomic E-state index is -0.00977. The van der Waals surface area contributed by atoms with Crippen molar-refractivity contribution in [3.63, 3.8) is 0 Å². The van der Waals surface area contributed by atoms with Crippen molar-refractivity contribution in [2.24, 2.45) is 5.92 Å². The zero-order chi connectivity index (χ0) is 16.1. The quantitative estimate of drug-likeness (QED) is 0.918. The van der Waals surface area contributed by atoms with Crippen molar-refractivity contribution in [2.75, 3.05) is 19.6 Å². The van der Waals surface area contributed by atoms with Crippen molar-refractivity contribution in [2.45, 2.75) is 19.9 Å². The highest BCUT2D eigenvalue weighted by Gasteiger charge is 2.23. The van der Waals surface area contributed by atoms with E-state index in [2.05, 4.69) is 15.3 Å². The zero-order valence-corrected chi connectivity index (χ0v) is 13.4. The van der Waals surface area contributed by atoms with E-state index in [9.17, 15) is 4.79 Å². The summed E-state index contributed by atoms with van der Waals surface area (Å²) in [6, 6.07) is 9.49. The Hall–Kier alpha value is -2.27. The van der Waals surface area contributed by atoms with E-state index >= 15 is 0 Å². The van der Waals surface area contributed by atoms with E-state index in [0.29, 0.717) is 18.2 Å². The number of nitrogens with one attached hydrogen (secondary N) is 1. The minimum Gasteiger partial charge on any atom is -0.333 e. The van der Waals surface area contributed by atoms with Gasteiger partial charge in [-0.25, -0.2) is 4.98 Å². The zero-order valence-electron chi connectivity index (χ0n) is 13.4. The van der Waals surface area contributed by atoms with Crippen molar-refractivity contribution < 1.29 is 4.79 Å². The molecule has 1 saturated heterocycles. The van der Waals surface area contributed by atoms with Gasteiger partial charge in [0.1, 0.15) is 5.69 Å². The second-order valence-corrected chi connectivity index (χ2v) is 6.07. The molecule has 0 aromatic carbocycles. The fourth-order valence-corrected chi connectivity index (χ4v) is 2.94. The highest BCUT2D eigenvalue weighted by Crippen LogP contribution is 2.15. The highest BCUT2D eigenvalue weighted by molar-refractivity contribution is 5.92. The van der Waals surface area contributed by atoms with Gasteiger partial charge in [0.2, 0.25) is 0 Å². The number of carbonyl (C=O) groups is 1. The maximum atomic E-state index is 12.9. The summed E-state index contributed by atoms with van der Waals surface area (Å²) in [5.74, 6) is 0.491. The van der Waals surface area contributed by atoms with Crippen molar-refractivity contribution >= 4 is 5.91 Å². The number of carbonyl (C=O) groups excluding carboxylic acids is 1. The molecule has 3 heterocycles. The third-order valence-corrected chi connectivity index (χ3v) is 4.13. The smallest absolute Gasteiger partial charge is 0.272 e. The van der Waals surface area contributed by atoms with Gasteiger partial charge in [0, 0.05) is 31.2 Å². The Kier molecular flexibility index (Phi) is 4.98. The van der Waals surface area contributed by atoms with Crippen LogP contribution in [-0.2, 0) is 6.54 Å². The van der Waals surface area contributed by atoms with Crippen molar-refractivity contribution in [1.29, 1.82) is 0 Å². The van der Waals surface area contributed by atoms with Crippen LogP contribution in [0, 0.1) is 12.8 Å². The van der Waals surface area contributed by atoms with Crippen molar-refractivity contribution in [3.8, 4) is 0 Å². The molecular formula is C18H22N4O. The molecule has 0 bridgehead atoms. The van der Waals surface area contributed by atoms with Crippen LogP contribution in [0.3, 0.4) is 0 Å². The summed E-state index contributed by atoms with van der Waals surface area (Å²) in [6.07, 6.45) is 4.67. The number of hydrogen-bond acceptors (Lipinski definition) is 4. The topological polar surface area (TPSA) is 58.1 Å². The van der Waals surface area contributed by atoms with Gasteiger partial charge in [0.15, 0.2) is 0 Å². The van der Waals surface area contributed by atoms with Gasteiger partial charge in [-0.3, -0.25) is 9.78 Å². The fourth-order valence-electron chi connectivity index (χ4n) is 2.94. The molecule has 120 valence electrons. The molecule has 0 radical (unpaired) electrons. The number of aryl methyl sites for hydroxylation is 1. The van der Waals surface area contributed by atoms with Crippen LogP contribution in [0.15, 0.2) is 42.7 Å². The molecule has 0 unspecified atom stereocenters. The average Bonchev–Trinajstić information content (AvgIpc) is 3.08. The Morgan fingerprint density at radius 1 is 1.35 bits per heavy atom. The second-order valence-electron chi connectivity index (χ2n) is 6.07. The first-order valence-electron chi connectivity index (χ1n) is 8.05. The number of amides is 1. The lowest BCUT2D eigenvalue weighted by atomic mass is 10.1. The van der Waals surface area contributed by atoms with E-state index in [1.54, 1.807) is 12.3 Å². The maximum Gasteiger partial charge on any atom is 0.272 e. The summed E-state index contributed by atoms with van der Waals surface area (Å²) in [6.45, 7) is 5.22. The predicted octanol–water partition coefficient (Wildman–Crippen LogP) is 2.04. The Morgan fingerprint density at radius 3 is 2.96 bits per heavy atom. The van der Waals surface area contributed by atoms with Crippen LogP contribution in [0.25, 0.3) is 0 Å². The Bertz CT molecular complexity index is 653. The number of aromatic nitrogens is 2. The first kappa shape index (κ1) is 15.6. The molecule has 2 aromatic rings. The molecule has 1 N–H and O–H groups in total. The largest absolute Gasteiger partial charge is 0.333 e. The van der Waals surface area contributed by atoms with Crippen LogP contribution in [-0.4, -0.2) is 40.4 Å².